The predicted molar refractivity (Wildman–Crippen MR) is 52.1 cm³/mol. The zero-order chi connectivity index (χ0) is 12.3. The summed E-state index contributed by atoms with van der Waals surface area (Å²) in [5.41, 5.74) is 4.87. The molecule has 0 bridgehead atoms. The monoisotopic (exact) mass is 231 g/mol. The molecule has 0 fully saturated rings. The Morgan fingerprint density at radius 2 is 1.88 bits per heavy atom. The van der Waals surface area contributed by atoms with Crippen molar-refractivity contribution in [2.45, 2.75) is 12.3 Å². The summed E-state index contributed by atoms with van der Waals surface area (Å²) in [6.07, 6.45) is -0.463. The Morgan fingerprint density at radius 1 is 1.38 bits per heavy atom. The number of aromatic hydroxyl groups is 1. The van der Waals surface area contributed by atoms with E-state index in [0.29, 0.717) is 0 Å². The first-order valence-corrected chi connectivity index (χ1v) is 4.55. The highest BCUT2D eigenvalue weighted by molar-refractivity contribution is 5.68. The number of aliphatic carboxylic acids is 1. The van der Waals surface area contributed by atoms with Crippen LogP contribution < -0.4 is 5.73 Å². The van der Waals surface area contributed by atoms with Crippen LogP contribution in [0.1, 0.15) is 17.9 Å². The first kappa shape index (κ1) is 12.4. The zero-order valence-corrected chi connectivity index (χ0v) is 8.28. The minimum Gasteiger partial charge on any atom is -0.508 e. The highest BCUT2D eigenvalue weighted by Gasteiger charge is 2.22. The largest absolute Gasteiger partial charge is 0.508 e. The number of hydrogen-bond acceptors (Lipinski definition) is 3. The number of nitrogens with two attached hydrogens (primary N) is 1. The number of hydrogen-bond donors (Lipinski definition) is 3. The highest BCUT2D eigenvalue weighted by atomic mass is 19.1. The molecule has 1 atom stereocenters. The van der Waals surface area contributed by atoms with Crippen molar-refractivity contribution in [1.82, 2.24) is 0 Å². The zero-order valence-electron chi connectivity index (χ0n) is 8.28. The van der Waals surface area contributed by atoms with E-state index in [0.717, 1.165) is 12.1 Å². The Balaban J connectivity index is 3.14. The van der Waals surface area contributed by atoms with E-state index in [4.69, 9.17) is 15.9 Å². The van der Waals surface area contributed by atoms with Gasteiger partial charge in [-0.25, -0.2) is 8.78 Å². The maximum Gasteiger partial charge on any atom is 0.304 e. The van der Waals surface area contributed by atoms with Crippen LogP contribution in [0.25, 0.3) is 0 Å². The number of halogens is 2. The van der Waals surface area contributed by atoms with Crippen molar-refractivity contribution in [2.24, 2.45) is 5.73 Å². The van der Waals surface area contributed by atoms with Crippen LogP contribution >= 0.6 is 0 Å². The van der Waals surface area contributed by atoms with E-state index in [2.05, 4.69) is 0 Å². The molecule has 1 rings (SSSR count). The lowest BCUT2D eigenvalue weighted by atomic mass is 9.94. The molecule has 0 saturated heterocycles. The normalized spacial score (nSPS) is 12.4. The Morgan fingerprint density at radius 3 is 2.25 bits per heavy atom. The van der Waals surface area contributed by atoms with Gasteiger partial charge >= 0.3 is 5.97 Å². The summed E-state index contributed by atoms with van der Waals surface area (Å²) in [5, 5.41) is 17.5. The molecule has 1 aromatic rings. The van der Waals surface area contributed by atoms with Crippen LogP contribution in [0.2, 0.25) is 0 Å². The predicted octanol–water partition coefficient (Wildman–Crippen LogP) is 1.19. The lowest BCUT2D eigenvalue weighted by molar-refractivity contribution is -0.137. The number of carboxylic acids is 1. The van der Waals surface area contributed by atoms with Gasteiger partial charge in [0, 0.05) is 23.6 Å². The number of benzene rings is 1. The third-order valence-corrected chi connectivity index (χ3v) is 2.18. The van der Waals surface area contributed by atoms with Crippen molar-refractivity contribution in [3.63, 3.8) is 0 Å². The van der Waals surface area contributed by atoms with Gasteiger partial charge in [-0.3, -0.25) is 4.79 Å². The van der Waals surface area contributed by atoms with Gasteiger partial charge in [0.1, 0.15) is 17.4 Å². The maximum atomic E-state index is 13.4. The third-order valence-electron chi connectivity index (χ3n) is 2.18. The van der Waals surface area contributed by atoms with Crippen LogP contribution in [0.5, 0.6) is 5.75 Å². The lowest BCUT2D eigenvalue weighted by Crippen LogP contribution is -2.18. The van der Waals surface area contributed by atoms with Crippen LogP contribution in [0.4, 0.5) is 8.78 Å². The van der Waals surface area contributed by atoms with E-state index in [1.807, 2.05) is 0 Å². The first-order chi connectivity index (χ1) is 7.45. The molecule has 4 N–H and O–H groups in total. The van der Waals surface area contributed by atoms with Crippen LogP contribution in [0.3, 0.4) is 0 Å². The second-order valence-electron chi connectivity index (χ2n) is 3.35. The van der Waals surface area contributed by atoms with Gasteiger partial charge in [0.15, 0.2) is 0 Å². The van der Waals surface area contributed by atoms with Gasteiger partial charge in [-0.1, -0.05) is 0 Å². The average Bonchev–Trinajstić information content (AvgIpc) is 2.13. The second-order valence-corrected chi connectivity index (χ2v) is 3.35. The van der Waals surface area contributed by atoms with Crippen LogP contribution in [0, 0.1) is 11.6 Å². The number of carboxylic acid groups (broad SMARTS) is 1. The molecule has 6 heteroatoms. The number of phenols is 1. The molecule has 0 aliphatic heterocycles. The summed E-state index contributed by atoms with van der Waals surface area (Å²) in [6.45, 7) is -0.190. The standard InChI is InChI=1S/C10H11F2NO3/c11-7-2-6(14)3-8(12)10(7)5(4-13)1-9(15)16/h2-3,5,14H,1,4,13H2,(H,15,16). The fourth-order valence-corrected chi connectivity index (χ4v) is 1.47. The lowest BCUT2D eigenvalue weighted by Gasteiger charge is -2.14. The van der Waals surface area contributed by atoms with Gasteiger partial charge in [-0.05, 0) is 6.54 Å². The Bertz CT molecular complexity index is 386. The fourth-order valence-electron chi connectivity index (χ4n) is 1.47. The Hall–Kier alpha value is -1.69. The van der Waals surface area contributed by atoms with Crippen LogP contribution in [0.15, 0.2) is 12.1 Å². The Kier molecular flexibility index (Phi) is 3.78. The smallest absolute Gasteiger partial charge is 0.304 e. The van der Waals surface area contributed by atoms with Crippen LogP contribution in [-0.4, -0.2) is 22.7 Å². The van der Waals surface area contributed by atoms with E-state index in [-0.39, 0.29) is 6.54 Å². The molecule has 88 valence electrons. The maximum absolute atomic E-state index is 13.4. The molecule has 1 unspecified atom stereocenters. The van der Waals surface area contributed by atoms with Crippen molar-refractivity contribution >= 4 is 5.97 Å². The van der Waals surface area contributed by atoms with E-state index in [1.165, 1.54) is 0 Å². The fraction of sp³-hybridized carbons (Fsp3) is 0.300. The van der Waals surface area contributed by atoms with Gasteiger partial charge in [0.2, 0.25) is 0 Å². The van der Waals surface area contributed by atoms with Gasteiger partial charge in [-0.15, -0.1) is 0 Å². The summed E-state index contributed by atoms with van der Waals surface area (Å²) >= 11 is 0. The summed E-state index contributed by atoms with van der Waals surface area (Å²) in [5.74, 6) is -4.67. The summed E-state index contributed by atoms with van der Waals surface area (Å²) in [6, 6.07) is 1.45. The second kappa shape index (κ2) is 4.89. The summed E-state index contributed by atoms with van der Waals surface area (Å²) in [7, 11) is 0. The SMILES string of the molecule is NCC(CC(=O)O)c1c(F)cc(O)cc1F. The van der Waals surface area contributed by atoms with Gasteiger partial charge < -0.3 is 15.9 Å². The highest BCUT2D eigenvalue weighted by Crippen LogP contribution is 2.27. The van der Waals surface area contributed by atoms with Crippen molar-refractivity contribution in [1.29, 1.82) is 0 Å². The van der Waals surface area contributed by atoms with E-state index in [9.17, 15) is 13.6 Å². The van der Waals surface area contributed by atoms with E-state index < -0.39 is 41.3 Å². The average molecular weight is 231 g/mol. The molecule has 0 aliphatic carbocycles. The topological polar surface area (TPSA) is 83.6 Å². The van der Waals surface area contributed by atoms with Gasteiger partial charge in [0.05, 0.1) is 6.42 Å². The molecule has 0 saturated carbocycles. The van der Waals surface area contributed by atoms with E-state index >= 15 is 0 Å². The molecule has 0 aromatic heterocycles. The molecular weight excluding hydrogens is 220 g/mol. The number of rotatable bonds is 4. The minimum absolute atomic E-state index is 0.190. The minimum atomic E-state index is -1.19. The summed E-state index contributed by atoms with van der Waals surface area (Å²) in [4.78, 5) is 10.5. The number of phenolic OH excluding ortho intramolecular Hbond substituents is 1. The van der Waals surface area contributed by atoms with E-state index in [1.54, 1.807) is 0 Å². The van der Waals surface area contributed by atoms with Crippen LogP contribution in [-0.2, 0) is 4.79 Å². The number of carbonyl (C=O) groups is 1. The first-order valence-electron chi connectivity index (χ1n) is 4.55. The van der Waals surface area contributed by atoms with Gasteiger partial charge in [0.25, 0.3) is 0 Å². The quantitative estimate of drug-likeness (QED) is 0.726. The molecule has 0 spiro atoms. The molecule has 0 amide bonds. The molecule has 4 nitrogen and oxygen atoms in total. The molecular formula is C10H11F2NO3. The Labute approximate surface area is 90.3 Å². The van der Waals surface area contributed by atoms with Gasteiger partial charge in [-0.2, -0.15) is 0 Å². The van der Waals surface area contributed by atoms with Crippen molar-refractivity contribution in [3.05, 3.63) is 29.3 Å². The molecule has 16 heavy (non-hydrogen) atoms. The molecule has 1 aromatic carbocycles. The molecule has 0 heterocycles. The molecule has 0 radical (unpaired) electrons. The van der Waals surface area contributed by atoms with Crippen molar-refractivity contribution in [2.75, 3.05) is 6.54 Å². The van der Waals surface area contributed by atoms with Crippen molar-refractivity contribution < 1.29 is 23.8 Å². The summed E-state index contributed by atoms with van der Waals surface area (Å²) < 4.78 is 26.7. The molecule has 0 aliphatic rings. The van der Waals surface area contributed by atoms with Crippen molar-refractivity contribution in [3.8, 4) is 5.75 Å². The third kappa shape index (κ3) is 2.66.